The molecule has 0 heterocycles. The molecule has 0 aromatic heterocycles. The fourth-order valence-electron chi connectivity index (χ4n) is 0.467. The first-order valence-corrected chi connectivity index (χ1v) is 5.03. The fourth-order valence-corrected chi connectivity index (χ4v) is 0.467. The molecule has 0 radical (unpaired) electrons. The molecule has 0 aromatic carbocycles. The molecule has 0 aliphatic heterocycles. The third kappa shape index (κ3) is 13.8. The highest BCUT2D eigenvalue weighted by molar-refractivity contribution is 6.51. The molecule has 0 aliphatic rings. The molecule has 2 nitrogen and oxygen atoms in total. The van der Waals surface area contributed by atoms with Crippen LogP contribution in [0.4, 0.5) is 0 Å². The maximum atomic E-state index is 8.62. The van der Waals surface area contributed by atoms with E-state index in [0.717, 1.165) is 0 Å². The van der Waals surface area contributed by atoms with Gasteiger partial charge < -0.3 is 10.0 Å². The molecule has 0 spiro atoms. The summed E-state index contributed by atoms with van der Waals surface area (Å²) in [4.78, 5) is 0. The van der Waals surface area contributed by atoms with Crippen molar-refractivity contribution in [2.45, 2.75) is 34.6 Å². The van der Waals surface area contributed by atoms with Crippen LogP contribution in [0.5, 0.6) is 0 Å². The monoisotopic (exact) mass is 198 g/mol. The van der Waals surface area contributed by atoms with Crippen molar-refractivity contribution in [3.63, 3.8) is 0 Å². The van der Waals surface area contributed by atoms with Gasteiger partial charge in [0.1, 0.15) is 0 Å². The lowest BCUT2D eigenvalue weighted by atomic mass is 9.79. The maximum Gasteiger partial charge on any atom is 0.488 e. The first kappa shape index (κ1) is 18.9. The van der Waals surface area contributed by atoms with Gasteiger partial charge in [-0.1, -0.05) is 58.6 Å². The van der Waals surface area contributed by atoms with E-state index in [9.17, 15) is 0 Å². The molecule has 0 unspecified atom stereocenters. The van der Waals surface area contributed by atoms with Crippen molar-refractivity contribution < 1.29 is 10.0 Å². The highest BCUT2D eigenvalue weighted by Gasteiger charge is 2.08. The number of rotatable bonds is 3. The van der Waals surface area contributed by atoms with E-state index in [2.05, 4.69) is 6.58 Å². The van der Waals surface area contributed by atoms with Gasteiger partial charge in [-0.15, -0.1) is 0 Å². The Morgan fingerprint density at radius 3 is 1.79 bits per heavy atom. The van der Waals surface area contributed by atoms with Crippen LogP contribution in [-0.4, -0.2) is 17.2 Å². The van der Waals surface area contributed by atoms with Gasteiger partial charge in [0.25, 0.3) is 0 Å². The highest BCUT2D eigenvalue weighted by Crippen LogP contribution is 1.96. The first-order chi connectivity index (χ1) is 6.72. The Hall–Kier alpha value is -0.795. The Morgan fingerprint density at radius 1 is 1.14 bits per heavy atom. The Balaban J connectivity index is -0.000000266. The van der Waals surface area contributed by atoms with Gasteiger partial charge in [0.2, 0.25) is 0 Å². The molecule has 0 amide bonds. The van der Waals surface area contributed by atoms with E-state index in [0.29, 0.717) is 5.47 Å². The third-order valence-electron chi connectivity index (χ3n) is 1.01. The summed E-state index contributed by atoms with van der Waals surface area (Å²) in [6, 6.07) is 0. The van der Waals surface area contributed by atoms with E-state index in [1.807, 2.05) is 34.6 Å². The lowest BCUT2D eigenvalue weighted by Gasteiger charge is -1.94. The summed E-state index contributed by atoms with van der Waals surface area (Å²) in [6.45, 7) is 13.3. The van der Waals surface area contributed by atoms with Gasteiger partial charge in [-0.05, 0) is 12.4 Å². The van der Waals surface area contributed by atoms with E-state index in [-0.39, 0.29) is 0 Å². The zero-order chi connectivity index (χ0) is 12.0. The topological polar surface area (TPSA) is 40.5 Å². The summed E-state index contributed by atoms with van der Waals surface area (Å²) in [5.74, 6) is 0. The Labute approximate surface area is 88.8 Å². The second kappa shape index (κ2) is 18.1. The lowest BCUT2D eigenvalue weighted by Crippen LogP contribution is -2.13. The standard InChI is InChI=1S/C7H11BO2.2C2H6/c1-3-5-6-7(4-2)8(9)10;2*1-2/h3-6,9-10H,2H2,1H3;2*1-2H3/b5-3+,7-6+;;. The van der Waals surface area contributed by atoms with Crippen LogP contribution in [0.2, 0.25) is 0 Å². The summed E-state index contributed by atoms with van der Waals surface area (Å²) in [5.41, 5.74) is 0.401. The van der Waals surface area contributed by atoms with Gasteiger partial charge in [0.15, 0.2) is 0 Å². The van der Waals surface area contributed by atoms with Crippen molar-refractivity contribution in [1.29, 1.82) is 0 Å². The summed E-state index contributed by atoms with van der Waals surface area (Å²) >= 11 is 0. The Kier molecular flexibility index (Phi) is 24.4. The second-order valence-corrected chi connectivity index (χ2v) is 1.77. The molecular formula is C11H23BO2. The van der Waals surface area contributed by atoms with Crippen LogP contribution in [0.3, 0.4) is 0 Å². The van der Waals surface area contributed by atoms with Crippen LogP contribution in [0.15, 0.2) is 36.4 Å². The first-order valence-electron chi connectivity index (χ1n) is 5.03. The van der Waals surface area contributed by atoms with Crippen molar-refractivity contribution >= 4 is 7.12 Å². The number of hydrogen-bond acceptors (Lipinski definition) is 2. The molecular weight excluding hydrogens is 175 g/mol. The van der Waals surface area contributed by atoms with Crippen LogP contribution in [0.25, 0.3) is 0 Å². The summed E-state index contributed by atoms with van der Waals surface area (Å²) in [7, 11) is -1.42. The predicted molar refractivity (Wildman–Crippen MR) is 66.0 cm³/mol. The van der Waals surface area contributed by atoms with E-state index >= 15 is 0 Å². The zero-order valence-corrected chi connectivity index (χ0v) is 9.99. The van der Waals surface area contributed by atoms with Gasteiger partial charge in [0, 0.05) is 0 Å². The van der Waals surface area contributed by atoms with Gasteiger partial charge in [0.05, 0.1) is 0 Å². The van der Waals surface area contributed by atoms with Gasteiger partial charge in [-0.2, -0.15) is 0 Å². The minimum atomic E-state index is -1.42. The molecule has 0 aromatic rings. The third-order valence-corrected chi connectivity index (χ3v) is 1.01. The van der Waals surface area contributed by atoms with Crippen molar-refractivity contribution in [3.05, 3.63) is 36.4 Å². The lowest BCUT2D eigenvalue weighted by molar-refractivity contribution is 0.420. The van der Waals surface area contributed by atoms with E-state index < -0.39 is 7.12 Å². The molecule has 0 atom stereocenters. The molecule has 0 aliphatic carbocycles. The average Bonchev–Trinajstić information content (AvgIpc) is 2.24. The number of allylic oxidation sites excluding steroid dienone is 5. The highest BCUT2D eigenvalue weighted by atomic mass is 16.4. The summed E-state index contributed by atoms with van der Waals surface area (Å²) < 4.78 is 0. The Bertz CT molecular complexity index is 161. The minimum Gasteiger partial charge on any atom is -0.423 e. The van der Waals surface area contributed by atoms with Crippen LogP contribution < -0.4 is 0 Å². The van der Waals surface area contributed by atoms with Crippen LogP contribution in [-0.2, 0) is 0 Å². The molecule has 2 N–H and O–H groups in total. The van der Waals surface area contributed by atoms with Crippen molar-refractivity contribution in [2.75, 3.05) is 0 Å². The quantitative estimate of drug-likeness (QED) is 0.540. The second-order valence-electron chi connectivity index (χ2n) is 1.77. The molecule has 0 saturated heterocycles. The largest absolute Gasteiger partial charge is 0.488 e. The Morgan fingerprint density at radius 2 is 1.57 bits per heavy atom. The molecule has 82 valence electrons. The van der Waals surface area contributed by atoms with Gasteiger partial charge in [-0.3, -0.25) is 0 Å². The maximum absolute atomic E-state index is 8.62. The zero-order valence-electron chi connectivity index (χ0n) is 9.99. The van der Waals surface area contributed by atoms with Gasteiger partial charge >= 0.3 is 7.12 Å². The van der Waals surface area contributed by atoms with Crippen LogP contribution in [0, 0.1) is 0 Å². The molecule has 0 rings (SSSR count). The summed E-state index contributed by atoms with van der Waals surface area (Å²) in [5, 5.41) is 17.2. The summed E-state index contributed by atoms with van der Waals surface area (Å²) in [6.07, 6.45) is 6.52. The van der Waals surface area contributed by atoms with Crippen molar-refractivity contribution in [3.8, 4) is 0 Å². The average molecular weight is 198 g/mol. The number of hydrogen-bond donors (Lipinski definition) is 2. The predicted octanol–water partition coefficient (Wildman–Crippen LogP) is 2.74. The van der Waals surface area contributed by atoms with Crippen molar-refractivity contribution in [1.82, 2.24) is 0 Å². The van der Waals surface area contributed by atoms with E-state index in [1.165, 1.54) is 6.08 Å². The fraction of sp³-hybridized carbons (Fsp3) is 0.455. The molecule has 14 heavy (non-hydrogen) atoms. The van der Waals surface area contributed by atoms with Gasteiger partial charge in [-0.25, -0.2) is 0 Å². The molecule has 0 saturated carbocycles. The SMILES string of the molecule is C=C/C(=C\C=C\C)B(O)O.CC.CC. The molecule has 0 fully saturated rings. The van der Waals surface area contributed by atoms with Crippen molar-refractivity contribution in [2.24, 2.45) is 0 Å². The van der Waals surface area contributed by atoms with Crippen LogP contribution >= 0.6 is 0 Å². The smallest absolute Gasteiger partial charge is 0.423 e. The molecule has 3 heteroatoms. The normalized spacial score (nSPS) is 9.50. The van der Waals surface area contributed by atoms with E-state index in [4.69, 9.17) is 10.0 Å². The minimum absolute atomic E-state index is 0.401. The van der Waals surface area contributed by atoms with E-state index in [1.54, 1.807) is 18.2 Å². The van der Waals surface area contributed by atoms with Crippen LogP contribution in [0.1, 0.15) is 34.6 Å². The molecule has 0 bridgehead atoms.